The number of methoxy groups -OCH3 is 1. The van der Waals surface area contributed by atoms with Gasteiger partial charge in [-0.05, 0) is 42.9 Å². The average molecular weight is 249 g/mol. The Kier molecular flexibility index (Phi) is 3.57. The molecule has 0 aliphatic heterocycles. The van der Waals surface area contributed by atoms with E-state index >= 15 is 0 Å². The molecule has 0 bridgehead atoms. The van der Waals surface area contributed by atoms with E-state index in [-0.39, 0.29) is 12.5 Å². The van der Waals surface area contributed by atoms with Crippen molar-refractivity contribution < 1.29 is 14.6 Å². The summed E-state index contributed by atoms with van der Waals surface area (Å²) in [5.74, 6) is 0.182. The maximum Gasteiger partial charge on any atom is 0.311 e. The first-order chi connectivity index (χ1) is 8.62. The molecule has 4 nitrogen and oxygen atoms in total. The van der Waals surface area contributed by atoms with Gasteiger partial charge in [-0.3, -0.25) is 4.79 Å². The number of aliphatic carboxylic acids is 1. The van der Waals surface area contributed by atoms with Crippen LogP contribution in [0, 0.1) is 11.3 Å². The van der Waals surface area contributed by atoms with Crippen LogP contribution in [0.2, 0.25) is 0 Å². The van der Waals surface area contributed by atoms with E-state index in [9.17, 15) is 9.90 Å². The number of ether oxygens (including phenoxy) is 1. The molecule has 18 heavy (non-hydrogen) atoms. The van der Waals surface area contributed by atoms with E-state index in [1.807, 2.05) is 24.3 Å². The van der Waals surface area contributed by atoms with E-state index in [4.69, 9.17) is 10.5 Å². The minimum Gasteiger partial charge on any atom is -0.497 e. The Morgan fingerprint density at radius 1 is 1.56 bits per heavy atom. The van der Waals surface area contributed by atoms with Crippen molar-refractivity contribution in [2.75, 3.05) is 13.7 Å². The molecule has 0 spiro atoms. The minimum atomic E-state index is -0.813. The molecule has 1 aliphatic carbocycles. The summed E-state index contributed by atoms with van der Waals surface area (Å²) in [4.78, 5) is 11.6. The van der Waals surface area contributed by atoms with Crippen LogP contribution in [-0.2, 0) is 11.2 Å². The summed E-state index contributed by atoms with van der Waals surface area (Å²) in [6.07, 6.45) is 2.40. The number of rotatable bonds is 6. The molecule has 4 heteroatoms. The van der Waals surface area contributed by atoms with Gasteiger partial charge in [0.05, 0.1) is 12.5 Å². The molecule has 0 heterocycles. The number of carboxylic acid groups (broad SMARTS) is 1. The van der Waals surface area contributed by atoms with Gasteiger partial charge in [0.1, 0.15) is 5.75 Å². The second-order valence-electron chi connectivity index (χ2n) is 4.97. The molecule has 98 valence electrons. The van der Waals surface area contributed by atoms with E-state index in [2.05, 4.69) is 0 Å². The first-order valence-corrected chi connectivity index (χ1v) is 6.19. The number of carbonyl (C=O) groups is 1. The second kappa shape index (κ2) is 4.98. The molecule has 3 N–H and O–H groups in total. The molecular formula is C14H19NO3. The lowest BCUT2D eigenvalue weighted by Gasteiger charge is -2.28. The first kappa shape index (κ1) is 12.9. The van der Waals surface area contributed by atoms with Crippen molar-refractivity contribution in [3.63, 3.8) is 0 Å². The van der Waals surface area contributed by atoms with Crippen LogP contribution in [-0.4, -0.2) is 24.7 Å². The first-order valence-electron chi connectivity index (χ1n) is 6.19. The Hall–Kier alpha value is -1.55. The molecule has 1 aromatic carbocycles. The molecule has 1 fully saturated rings. The topological polar surface area (TPSA) is 72.5 Å². The molecular weight excluding hydrogens is 230 g/mol. The summed E-state index contributed by atoms with van der Waals surface area (Å²) >= 11 is 0. The summed E-state index contributed by atoms with van der Waals surface area (Å²) in [6.45, 7) is 0.185. The van der Waals surface area contributed by atoms with Gasteiger partial charge in [-0.1, -0.05) is 12.1 Å². The van der Waals surface area contributed by atoms with Gasteiger partial charge in [0.2, 0.25) is 0 Å². The van der Waals surface area contributed by atoms with Gasteiger partial charge in [-0.25, -0.2) is 0 Å². The third-order valence-corrected chi connectivity index (χ3v) is 3.80. The number of hydrogen-bond donors (Lipinski definition) is 2. The Labute approximate surface area is 107 Å². The van der Waals surface area contributed by atoms with Crippen molar-refractivity contribution in [3.05, 3.63) is 29.8 Å². The predicted octanol–water partition coefficient (Wildman–Crippen LogP) is 1.68. The molecule has 0 radical (unpaired) electrons. The van der Waals surface area contributed by atoms with Gasteiger partial charge in [0.15, 0.2) is 0 Å². The summed E-state index contributed by atoms with van der Waals surface area (Å²) in [6, 6.07) is 7.55. The molecule has 0 saturated heterocycles. The highest BCUT2D eigenvalue weighted by Gasteiger charge is 2.50. The maximum absolute atomic E-state index is 11.6. The highest BCUT2D eigenvalue weighted by Crippen LogP contribution is 2.47. The molecule has 0 aromatic heterocycles. The van der Waals surface area contributed by atoms with Crippen molar-refractivity contribution in [2.45, 2.75) is 19.3 Å². The van der Waals surface area contributed by atoms with Crippen LogP contribution in [0.3, 0.4) is 0 Å². The molecule has 1 atom stereocenters. The van der Waals surface area contributed by atoms with E-state index in [0.29, 0.717) is 6.42 Å². The predicted molar refractivity (Wildman–Crippen MR) is 68.5 cm³/mol. The lowest BCUT2D eigenvalue weighted by Crippen LogP contribution is -2.42. The fourth-order valence-electron chi connectivity index (χ4n) is 2.50. The van der Waals surface area contributed by atoms with Crippen LogP contribution in [0.1, 0.15) is 18.4 Å². The fourth-order valence-corrected chi connectivity index (χ4v) is 2.50. The third-order valence-electron chi connectivity index (χ3n) is 3.80. The van der Waals surface area contributed by atoms with E-state index < -0.39 is 11.4 Å². The summed E-state index contributed by atoms with van der Waals surface area (Å²) < 4.78 is 5.16. The van der Waals surface area contributed by atoms with Crippen molar-refractivity contribution in [1.82, 2.24) is 0 Å². The highest BCUT2D eigenvalue weighted by atomic mass is 16.5. The van der Waals surface area contributed by atoms with Crippen molar-refractivity contribution >= 4 is 5.97 Å². The Morgan fingerprint density at radius 2 is 2.28 bits per heavy atom. The monoisotopic (exact) mass is 249 g/mol. The average Bonchev–Trinajstić information content (AvgIpc) is 3.20. The molecule has 1 aliphatic rings. The van der Waals surface area contributed by atoms with E-state index in [1.54, 1.807) is 7.11 Å². The number of carboxylic acids is 1. The standard InChI is InChI=1S/C14H19NO3/c1-18-12-4-2-3-10(7-12)8-14(9-15,13(16)17)11-5-6-11/h2-4,7,11H,5-6,8-9,15H2,1H3,(H,16,17). The van der Waals surface area contributed by atoms with Crippen LogP contribution in [0.15, 0.2) is 24.3 Å². The Bertz CT molecular complexity index is 442. The smallest absolute Gasteiger partial charge is 0.311 e. The Morgan fingerprint density at radius 3 is 2.78 bits per heavy atom. The van der Waals surface area contributed by atoms with Gasteiger partial charge in [0, 0.05) is 6.54 Å². The molecule has 1 unspecified atom stereocenters. The van der Waals surface area contributed by atoms with Gasteiger partial charge in [-0.15, -0.1) is 0 Å². The SMILES string of the molecule is COc1cccc(CC(CN)(C(=O)O)C2CC2)c1. The van der Waals surface area contributed by atoms with Crippen molar-refractivity contribution in [3.8, 4) is 5.75 Å². The molecule has 2 rings (SSSR count). The van der Waals surface area contributed by atoms with E-state index in [0.717, 1.165) is 24.2 Å². The van der Waals surface area contributed by atoms with Crippen LogP contribution in [0.4, 0.5) is 0 Å². The summed E-state index contributed by atoms with van der Waals surface area (Å²) in [5.41, 5.74) is 5.91. The van der Waals surface area contributed by atoms with Crippen LogP contribution < -0.4 is 10.5 Å². The van der Waals surface area contributed by atoms with E-state index in [1.165, 1.54) is 0 Å². The van der Waals surface area contributed by atoms with Crippen LogP contribution in [0.5, 0.6) is 5.75 Å². The number of nitrogens with two attached hydrogens (primary N) is 1. The van der Waals surface area contributed by atoms with Crippen molar-refractivity contribution in [2.24, 2.45) is 17.1 Å². The van der Waals surface area contributed by atoms with Gasteiger partial charge >= 0.3 is 5.97 Å². The molecule has 0 amide bonds. The zero-order valence-electron chi connectivity index (χ0n) is 10.6. The third kappa shape index (κ3) is 2.34. The zero-order chi connectivity index (χ0) is 13.2. The number of benzene rings is 1. The Balaban J connectivity index is 2.25. The zero-order valence-corrected chi connectivity index (χ0v) is 10.6. The summed E-state index contributed by atoms with van der Waals surface area (Å²) in [7, 11) is 1.60. The normalized spacial score (nSPS) is 18.1. The van der Waals surface area contributed by atoms with Gasteiger partial charge in [-0.2, -0.15) is 0 Å². The van der Waals surface area contributed by atoms with Gasteiger partial charge < -0.3 is 15.6 Å². The van der Waals surface area contributed by atoms with Crippen molar-refractivity contribution in [1.29, 1.82) is 0 Å². The maximum atomic E-state index is 11.6. The second-order valence-corrected chi connectivity index (χ2v) is 4.97. The number of hydrogen-bond acceptors (Lipinski definition) is 3. The lowest BCUT2D eigenvalue weighted by molar-refractivity contribution is -0.149. The quantitative estimate of drug-likeness (QED) is 0.804. The minimum absolute atomic E-state index is 0.185. The molecule has 1 saturated carbocycles. The molecule has 1 aromatic rings. The largest absolute Gasteiger partial charge is 0.497 e. The van der Waals surface area contributed by atoms with Gasteiger partial charge in [0.25, 0.3) is 0 Å². The van der Waals surface area contributed by atoms with Crippen LogP contribution in [0.25, 0.3) is 0 Å². The fraction of sp³-hybridized carbons (Fsp3) is 0.500. The summed E-state index contributed by atoms with van der Waals surface area (Å²) in [5, 5.41) is 9.51. The van der Waals surface area contributed by atoms with Crippen LogP contribution >= 0.6 is 0 Å². The highest BCUT2D eigenvalue weighted by molar-refractivity contribution is 5.76. The lowest BCUT2D eigenvalue weighted by atomic mass is 9.77.